The van der Waals surface area contributed by atoms with Crippen molar-refractivity contribution in [2.75, 3.05) is 6.54 Å². The summed E-state index contributed by atoms with van der Waals surface area (Å²) in [4.78, 5) is 0. The van der Waals surface area contributed by atoms with E-state index < -0.39 is 0 Å². The molecule has 0 amide bonds. The third-order valence-electron chi connectivity index (χ3n) is 5.13. The third kappa shape index (κ3) is 4.91. The second-order valence-corrected chi connectivity index (χ2v) is 8.38. The van der Waals surface area contributed by atoms with Crippen molar-refractivity contribution < 1.29 is 0 Å². The van der Waals surface area contributed by atoms with E-state index in [1.807, 2.05) is 0 Å². The van der Waals surface area contributed by atoms with Gasteiger partial charge in [-0.15, -0.1) is 0 Å². The number of rotatable bonds is 4. The molecular weight excluding hydrogens is 218 g/mol. The fraction of sp³-hybridized carbons (Fsp3) is 1.00. The molecule has 1 aliphatic carbocycles. The molecule has 0 radical (unpaired) electrons. The van der Waals surface area contributed by atoms with Gasteiger partial charge in [0.2, 0.25) is 0 Å². The molecule has 0 bridgehead atoms. The lowest BCUT2D eigenvalue weighted by Crippen LogP contribution is -2.40. The molecule has 3 atom stereocenters. The van der Waals surface area contributed by atoms with Crippen molar-refractivity contribution in [3.63, 3.8) is 0 Å². The Morgan fingerprint density at radius 1 is 0.944 bits per heavy atom. The summed E-state index contributed by atoms with van der Waals surface area (Å²) in [6.45, 7) is 17.7. The monoisotopic (exact) mass is 253 g/mol. The van der Waals surface area contributed by atoms with Gasteiger partial charge in [-0.25, -0.2) is 0 Å². The molecule has 1 rings (SSSR count). The van der Waals surface area contributed by atoms with Crippen LogP contribution in [0.15, 0.2) is 0 Å². The zero-order valence-corrected chi connectivity index (χ0v) is 13.8. The van der Waals surface area contributed by atoms with Gasteiger partial charge in [-0.2, -0.15) is 0 Å². The Morgan fingerprint density at radius 3 is 2.06 bits per heavy atom. The van der Waals surface area contributed by atoms with Crippen molar-refractivity contribution in [3.8, 4) is 0 Å². The first-order chi connectivity index (χ1) is 8.12. The minimum Gasteiger partial charge on any atom is -0.312 e. The fourth-order valence-electron chi connectivity index (χ4n) is 3.22. The first kappa shape index (κ1) is 16.0. The van der Waals surface area contributed by atoms with Crippen LogP contribution in [-0.4, -0.2) is 12.1 Å². The van der Waals surface area contributed by atoms with Gasteiger partial charge in [-0.1, -0.05) is 34.1 Å². The van der Waals surface area contributed by atoms with Crippen LogP contribution in [0.4, 0.5) is 0 Å². The Bertz CT molecular complexity index is 249. The highest BCUT2D eigenvalue weighted by Crippen LogP contribution is 2.44. The van der Waals surface area contributed by atoms with Crippen LogP contribution in [0.1, 0.15) is 74.1 Å². The van der Waals surface area contributed by atoms with E-state index in [9.17, 15) is 0 Å². The van der Waals surface area contributed by atoms with Gasteiger partial charge < -0.3 is 5.32 Å². The summed E-state index contributed by atoms with van der Waals surface area (Å²) in [7, 11) is 0. The minimum absolute atomic E-state index is 0.254. The Morgan fingerprint density at radius 2 is 1.56 bits per heavy atom. The topological polar surface area (TPSA) is 12.0 Å². The Kier molecular flexibility index (Phi) is 5.29. The van der Waals surface area contributed by atoms with Crippen LogP contribution in [0.5, 0.6) is 0 Å². The standard InChI is InChI=1S/C17H35N/c1-13-8-9-15(12-14(13)2)17(6,7)10-11-18-16(3,4)5/h13-15,18H,8-12H2,1-7H3. The van der Waals surface area contributed by atoms with E-state index in [0.717, 1.165) is 24.3 Å². The van der Waals surface area contributed by atoms with Gasteiger partial charge in [-0.05, 0) is 69.7 Å². The third-order valence-corrected chi connectivity index (χ3v) is 5.13. The van der Waals surface area contributed by atoms with Gasteiger partial charge in [0.05, 0.1) is 0 Å². The molecule has 1 heteroatoms. The maximum absolute atomic E-state index is 3.64. The zero-order chi connectivity index (χ0) is 14.0. The van der Waals surface area contributed by atoms with Gasteiger partial charge >= 0.3 is 0 Å². The lowest BCUT2D eigenvalue weighted by Gasteiger charge is -2.42. The van der Waals surface area contributed by atoms with E-state index in [1.165, 1.54) is 25.7 Å². The quantitative estimate of drug-likeness (QED) is 0.754. The first-order valence-corrected chi connectivity index (χ1v) is 7.87. The Labute approximate surface area is 115 Å². The van der Waals surface area contributed by atoms with E-state index in [4.69, 9.17) is 0 Å². The Balaban J connectivity index is 2.43. The smallest absolute Gasteiger partial charge is 0.00965 e. The van der Waals surface area contributed by atoms with Crippen LogP contribution in [0.3, 0.4) is 0 Å². The van der Waals surface area contributed by atoms with Crippen LogP contribution in [0.2, 0.25) is 0 Å². The first-order valence-electron chi connectivity index (χ1n) is 7.87. The molecule has 0 heterocycles. The van der Waals surface area contributed by atoms with Crippen molar-refractivity contribution in [1.29, 1.82) is 0 Å². The van der Waals surface area contributed by atoms with Crippen LogP contribution < -0.4 is 5.32 Å². The van der Waals surface area contributed by atoms with Crippen LogP contribution in [-0.2, 0) is 0 Å². The molecule has 18 heavy (non-hydrogen) atoms. The number of nitrogens with one attached hydrogen (secondary N) is 1. The predicted octanol–water partition coefficient (Wildman–Crippen LogP) is 4.86. The predicted molar refractivity (Wildman–Crippen MR) is 81.8 cm³/mol. The molecule has 108 valence electrons. The van der Waals surface area contributed by atoms with Crippen molar-refractivity contribution >= 4 is 0 Å². The van der Waals surface area contributed by atoms with E-state index in [0.29, 0.717) is 5.41 Å². The summed E-state index contributed by atoms with van der Waals surface area (Å²) in [6.07, 6.45) is 5.61. The lowest BCUT2D eigenvalue weighted by atomic mass is 9.64. The minimum atomic E-state index is 0.254. The largest absolute Gasteiger partial charge is 0.312 e. The number of hydrogen-bond acceptors (Lipinski definition) is 1. The molecule has 0 aromatic rings. The molecule has 1 nitrogen and oxygen atoms in total. The van der Waals surface area contributed by atoms with Crippen LogP contribution in [0.25, 0.3) is 0 Å². The Hall–Kier alpha value is -0.0400. The molecule has 1 aliphatic rings. The summed E-state index contributed by atoms with van der Waals surface area (Å²) >= 11 is 0. The highest BCUT2D eigenvalue weighted by atomic mass is 14.9. The maximum Gasteiger partial charge on any atom is 0.00965 e. The van der Waals surface area contributed by atoms with Crippen LogP contribution in [0, 0.1) is 23.2 Å². The maximum atomic E-state index is 3.64. The highest BCUT2D eigenvalue weighted by molar-refractivity contribution is 4.86. The van der Waals surface area contributed by atoms with Gasteiger partial charge in [0.1, 0.15) is 0 Å². The van der Waals surface area contributed by atoms with E-state index in [-0.39, 0.29) is 5.54 Å². The van der Waals surface area contributed by atoms with Crippen LogP contribution >= 0.6 is 0 Å². The highest BCUT2D eigenvalue weighted by Gasteiger charge is 2.34. The van der Waals surface area contributed by atoms with Gasteiger partial charge in [0.15, 0.2) is 0 Å². The molecule has 0 aromatic heterocycles. The van der Waals surface area contributed by atoms with E-state index in [1.54, 1.807) is 0 Å². The van der Waals surface area contributed by atoms with Gasteiger partial charge in [0, 0.05) is 5.54 Å². The van der Waals surface area contributed by atoms with E-state index >= 15 is 0 Å². The average Bonchev–Trinajstić information content (AvgIpc) is 2.19. The molecule has 0 aliphatic heterocycles. The second kappa shape index (κ2) is 5.94. The van der Waals surface area contributed by atoms with Gasteiger partial charge in [0.25, 0.3) is 0 Å². The van der Waals surface area contributed by atoms with E-state index in [2.05, 4.69) is 53.8 Å². The second-order valence-electron chi connectivity index (χ2n) is 8.38. The summed E-state index contributed by atoms with van der Waals surface area (Å²) < 4.78 is 0. The molecule has 0 aromatic carbocycles. The van der Waals surface area contributed by atoms with Crippen molar-refractivity contribution in [2.45, 2.75) is 79.7 Å². The van der Waals surface area contributed by atoms with Crippen molar-refractivity contribution in [3.05, 3.63) is 0 Å². The summed E-state index contributed by atoms with van der Waals surface area (Å²) in [5.41, 5.74) is 0.747. The SMILES string of the molecule is CC1CCC(C(C)(C)CCNC(C)(C)C)CC1C. The zero-order valence-electron chi connectivity index (χ0n) is 13.8. The fourth-order valence-corrected chi connectivity index (χ4v) is 3.22. The molecule has 0 saturated heterocycles. The molecule has 1 N–H and O–H groups in total. The normalized spacial score (nSPS) is 30.5. The molecule has 3 unspecified atom stereocenters. The van der Waals surface area contributed by atoms with Gasteiger partial charge in [-0.3, -0.25) is 0 Å². The molecular formula is C17H35N. The average molecular weight is 253 g/mol. The van der Waals surface area contributed by atoms with Crippen molar-refractivity contribution in [2.24, 2.45) is 23.2 Å². The number of hydrogen-bond donors (Lipinski definition) is 1. The summed E-state index contributed by atoms with van der Waals surface area (Å²) in [6, 6.07) is 0. The molecule has 1 saturated carbocycles. The summed E-state index contributed by atoms with van der Waals surface area (Å²) in [5.74, 6) is 2.77. The van der Waals surface area contributed by atoms with Crippen molar-refractivity contribution in [1.82, 2.24) is 5.32 Å². The molecule has 1 fully saturated rings. The lowest BCUT2D eigenvalue weighted by molar-refractivity contribution is 0.0914. The molecule has 0 spiro atoms. The summed E-state index contributed by atoms with van der Waals surface area (Å²) in [5, 5.41) is 3.64.